The van der Waals surface area contributed by atoms with E-state index in [-0.39, 0.29) is 19.7 Å². The van der Waals surface area contributed by atoms with Gasteiger partial charge in [0.25, 0.3) is 5.91 Å². The Balaban J connectivity index is 2.84. The van der Waals surface area contributed by atoms with Gasteiger partial charge in [0.1, 0.15) is 6.54 Å². The summed E-state index contributed by atoms with van der Waals surface area (Å²) in [5, 5.41) is 17.5. The van der Waals surface area contributed by atoms with Gasteiger partial charge in [-0.25, -0.2) is 0 Å². The molecule has 0 spiro atoms. The third-order valence-electron chi connectivity index (χ3n) is 2.44. The molecule has 0 radical (unpaired) electrons. The van der Waals surface area contributed by atoms with Crippen molar-refractivity contribution < 1.29 is 19.4 Å². The van der Waals surface area contributed by atoms with Crippen LogP contribution in [0.25, 0.3) is 0 Å². The highest BCUT2D eigenvalue weighted by molar-refractivity contribution is 5.95. The first-order valence-electron chi connectivity index (χ1n) is 5.58. The molecule has 6 heteroatoms. The average molecular weight is 262 g/mol. The Morgan fingerprint density at radius 3 is 2.47 bits per heavy atom. The van der Waals surface area contributed by atoms with Crippen molar-refractivity contribution in [1.29, 1.82) is 5.26 Å². The minimum Gasteiger partial charge on any atom is -0.480 e. The number of nitrogens with zero attached hydrogens (tertiary/aromatic N) is 2. The monoisotopic (exact) mass is 262 g/mol. The summed E-state index contributed by atoms with van der Waals surface area (Å²) in [7, 11) is 1.48. The van der Waals surface area contributed by atoms with Crippen LogP contribution >= 0.6 is 0 Å². The maximum atomic E-state index is 12.1. The van der Waals surface area contributed by atoms with Gasteiger partial charge >= 0.3 is 5.97 Å². The SMILES string of the molecule is COCCN(CC(=O)O)C(=O)c1ccc(C#N)cc1. The van der Waals surface area contributed by atoms with Gasteiger partial charge < -0.3 is 14.7 Å². The first-order valence-corrected chi connectivity index (χ1v) is 5.58. The van der Waals surface area contributed by atoms with Crippen molar-refractivity contribution in [3.63, 3.8) is 0 Å². The molecular weight excluding hydrogens is 248 g/mol. The Bertz CT molecular complexity index is 490. The fourth-order valence-corrected chi connectivity index (χ4v) is 1.49. The molecule has 1 aromatic carbocycles. The van der Waals surface area contributed by atoms with E-state index >= 15 is 0 Å². The topological polar surface area (TPSA) is 90.6 Å². The second-order valence-electron chi connectivity index (χ2n) is 3.80. The van der Waals surface area contributed by atoms with Gasteiger partial charge in [0.05, 0.1) is 18.2 Å². The van der Waals surface area contributed by atoms with Crippen molar-refractivity contribution in [2.45, 2.75) is 0 Å². The molecule has 1 N–H and O–H groups in total. The standard InChI is InChI=1S/C13H14N2O4/c1-19-7-6-15(9-12(16)17)13(18)11-4-2-10(8-14)3-5-11/h2-5H,6-7,9H2,1H3,(H,16,17). The molecule has 0 aliphatic carbocycles. The van der Waals surface area contributed by atoms with Gasteiger partial charge in [-0.2, -0.15) is 5.26 Å². The number of hydrogen-bond acceptors (Lipinski definition) is 4. The maximum absolute atomic E-state index is 12.1. The number of aliphatic carboxylic acids is 1. The molecule has 0 heterocycles. The van der Waals surface area contributed by atoms with Crippen LogP contribution in [-0.4, -0.2) is 48.7 Å². The van der Waals surface area contributed by atoms with Crippen molar-refractivity contribution in [3.8, 4) is 6.07 Å². The lowest BCUT2D eigenvalue weighted by Crippen LogP contribution is -2.38. The van der Waals surface area contributed by atoms with E-state index in [0.29, 0.717) is 11.1 Å². The van der Waals surface area contributed by atoms with Crippen LogP contribution in [0.3, 0.4) is 0 Å². The van der Waals surface area contributed by atoms with Crippen LogP contribution in [0.15, 0.2) is 24.3 Å². The normalized spacial score (nSPS) is 9.68. The molecule has 0 aliphatic heterocycles. The third kappa shape index (κ3) is 4.41. The number of methoxy groups -OCH3 is 1. The molecule has 0 fully saturated rings. The van der Waals surface area contributed by atoms with E-state index in [1.54, 1.807) is 0 Å². The Kier molecular flexibility index (Phi) is 5.51. The molecule has 1 aromatic rings. The molecule has 1 rings (SSSR count). The van der Waals surface area contributed by atoms with Crippen LogP contribution in [-0.2, 0) is 9.53 Å². The fraction of sp³-hybridized carbons (Fsp3) is 0.308. The Labute approximate surface area is 110 Å². The van der Waals surface area contributed by atoms with Crippen molar-refractivity contribution in [1.82, 2.24) is 4.90 Å². The number of carboxylic acids is 1. The van der Waals surface area contributed by atoms with Gasteiger partial charge in [-0.1, -0.05) is 0 Å². The third-order valence-corrected chi connectivity index (χ3v) is 2.44. The molecule has 0 aromatic heterocycles. The maximum Gasteiger partial charge on any atom is 0.323 e. The predicted octanol–water partition coefficient (Wildman–Crippen LogP) is 0.731. The first kappa shape index (κ1) is 14.7. The summed E-state index contributed by atoms with van der Waals surface area (Å²) >= 11 is 0. The second-order valence-corrected chi connectivity index (χ2v) is 3.80. The summed E-state index contributed by atoms with van der Waals surface area (Å²) in [6.45, 7) is 0.0686. The van der Waals surface area contributed by atoms with E-state index in [4.69, 9.17) is 15.1 Å². The molecule has 19 heavy (non-hydrogen) atoms. The zero-order chi connectivity index (χ0) is 14.3. The summed E-state index contributed by atoms with van der Waals surface area (Å²) in [6.07, 6.45) is 0. The summed E-state index contributed by atoms with van der Waals surface area (Å²) in [4.78, 5) is 24.0. The van der Waals surface area contributed by atoms with E-state index in [9.17, 15) is 9.59 Å². The summed E-state index contributed by atoms with van der Waals surface area (Å²) in [5.74, 6) is -1.48. The smallest absolute Gasteiger partial charge is 0.323 e. The van der Waals surface area contributed by atoms with Gasteiger partial charge in [0.15, 0.2) is 0 Å². The number of nitriles is 1. The highest BCUT2D eigenvalue weighted by Crippen LogP contribution is 2.07. The number of amides is 1. The number of carbonyl (C=O) groups excluding carboxylic acids is 1. The largest absolute Gasteiger partial charge is 0.480 e. The molecule has 0 unspecified atom stereocenters. The minimum absolute atomic E-state index is 0.196. The predicted molar refractivity (Wildman–Crippen MR) is 66.6 cm³/mol. The van der Waals surface area contributed by atoms with Gasteiger partial charge in [0.2, 0.25) is 0 Å². The fourth-order valence-electron chi connectivity index (χ4n) is 1.49. The highest BCUT2D eigenvalue weighted by atomic mass is 16.5. The zero-order valence-corrected chi connectivity index (χ0v) is 10.5. The van der Waals surface area contributed by atoms with Crippen LogP contribution in [0, 0.1) is 11.3 Å². The molecular formula is C13H14N2O4. The number of carbonyl (C=O) groups is 2. The van der Waals surface area contributed by atoms with E-state index in [1.807, 2.05) is 6.07 Å². The highest BCUT2D eigenvalue weighted by Gasteiger charge is 2.18. The molecule has 6 nitrogen and oxygen atoms in total. The molecule has 0 saturated heterocycles. The average Bonchev–Trinajstić information content (AvgIpc) is 2.42. The van der Waals surface area contributed by atoms with Crippen molar-refractivity contribution in [3.05, 3.63) is 35.4 Å². The van der Waals surface area contributed by atoms with E-state index in [0.717, 1.165) is 0 Å². The molecule has 0 aliphatic rings. The van der Waals surface area contributed by atoms with Crippen LogP contribution in [0.2, 0.25) is 0 Å². The number of benzene rings is 1. The van der Waals surface area contributed by atoms with Crippen molar-refractivity contribution >= 4 is 11.9 Å². The van der Waals surface area contributed by atoms with Crippen LogP contribution in [0.5, 0.6) is 0 Å². The van der Waals surface area contributed by atoms with E-state index in [2.05, 4.69) is 0 Å². The van der Waals surface area contributed by atoms with Crippen LogP contribution in [0.1, 0.15) is 15.9 Å². The van der Waals surface area contributed by atoms with Crippen LogP contribution < -0.4 is 0 Å². The summed E-state index contributed by atoms with van der Waals surface area (Å²) < 4.78 is 4.85. The second kappa shape index (κ2) is 7.13. The molecule has 0 atom stereocenters. The van der Waals surface area contributed by atoms with Crippen LogP contribution in [0.4, 0.5) is 0 Å². The lowest BCUT2D eigenvalue weighted by molar-refractivity contribution is -0.137. The Morgan fingerprint density at radius 1 is 1.37 bits per heavy atom. The molecule has 1 amide bonds. The van der Waals surface area contributed by atoms with Gasteiger partial charge in [0, 0.05) is 19.2 Å². The van der Waals surface area contributed by atoms with Gasteiger partial charge in [-0.05, 0) is 24.3 Å². The molecule has 0 saturated carbocycles. The molecule has 0 bridgehead atoms. The molecule has 100 valence electrons. The number of rotatable bonds is 6. The Hall–Kier alpha value is -2.39. The zero-order valence-electron chi connectivity index (χ0n) is 10.5. The van der Waals surface area contributed by atoms with E-state index < -0.39 is 11.9 Å². The summed E-state index contributed by atoms with van der Waals surface area (Å²) in [5.41, 5.74) is 0.787. The number of ether oxygens (including phenoxy) is 1. The number of hydrogen-bond donors (Lipinski definition) is 1. The Morgan fingerprint density at radius 2 is 2.00 bits per heavy atom. The first-order chi connectivity index (χ1) is 9.08. The van der Waals surface area contributed by atoms with Gasteiger partial charge in [-0.15, -0.1) is 0 Å². The quantitative estimate of drug-likeness (QED) is 0.816. The van der Waals surface area contributed by atoms with Crippen molar-refractivity contribution in [2.75, 3.05) is 26.8 Å². The lowest BCUT2D eigenvalue weighted by atomic mass is 10.1. The summed E-state index contributed by atoms with van der Waals surface area (Å²) in [6, 6.07) is 7.99. The minimum atomic E-state index is -1.09. The number of carboxylic acid groups (broad SMARTS) is 1. The van der Waals surface area contributed by atoms with Crippen molar-refractivity contribution in [2.24, 2.45) is 0 Å². The van der Waals surface area contributed by atoms with E-state index in [1.165, 1.54) is 36.3 Å². The van der Waals surface area contributed by atoms with Gasteiger partial charge in [-0.3, -0.25) is 9.59 Å². The lowest BCUT2D eigenvalue weighted by Gasteiger charge is -2.20.